The molecular formula is C21H20N2O2. The minimum atomic E-state index is 0.0724. The maximum Gasteiger partial charge on any atom is 0.220 e. The molecule has 1 amide bonds. The van der Waals surface area contributed by atoms with Crippen molar-refractivity contribution in [3.63, 3.8) is 0 Å². The van der Waals surface area contributed by atoms with Crippen LogP contribution in [0.4, 0.5) is 0 Å². The number of hydrogen-bond acceptors (Lipinski definition) is 3. The van der Waals surface area contributed by atoms with Crippen LogP contribution in [0.5, 0.6) is 0 Å². The molecule has 4 heteroatoms. The number of amides is 1. The molecule has 1 fully saturated rings. The van der Waals surface area contributed by atoms with Crippen LogP contribution in [0.15, 0.2) is 65.1 Å². The van der Waals surface area contributed by atoms with E-state index in [1.807, 2.05) is 60.7 Å². The Morgan fingerprint density at radius 3 is 2.28 bits per heavy atom. The summed E-state index contributed by atoms with van der Waals surface area (Å²) in [5.74, 6) is 1.43. The third kappa shape index (κ3) is 3.79. The minimum Gasteiger partial charge on any atom is -0.440 e. The van der Waals surface area contributed by atoms with E-state index in [-0.39, 0.29) is 5.91 Å². The van der Waals surface area contributed by atoms with E-state index in [1.165, 1.54) is 0 Å². The minimum absolute atomic E-state index is 0.0724. The number of carbonyl (C=O) groups is 1. The number of benzene rings is 2. The Kier molecular flexibility index (Phi) is 4.34. The fourth-order valence-corrected chi connectivity index (χ4v) is 2.80. The molecule has 25 heavy (non-hydrogen) atoms. The average Bonchev–Trinajstić information content (AvgIpc) is 3.36. The molecule has 1 aromatic heterocycles. The lowest BCUT2D eigenvalue weighted by molar-refractivity contribution is -0.121. The third-order valence-electron chi connectivity index (χ3n) is 4.26. The van der Waals surface area contributed by atoms with E-state index in [9.17, 15) is 4.79 Å². The molecule has 3 aromatic rings. The smallest absolute Gasteiger partial charge is 0.220 e. The molecule has 2 aromatic carbocycles. The monoisotopic (exact) mass is 332 g/mol. The maximum atomic E-state index is 11.9. The van der Waals surface area contributed by atoms with Crippen molar-refractivity contribution >= 4 is 5.91 Å². The van der Waals surface area contributed by atoms with Gasteiger partial charge in [0, 0.05) is 30.0 Å². The van der Waals surface area contributed by atoms with Gasteiger partial charge in [0.1, 0.15) is 5.69 Å². The number of aromatic nitrogens is 1. The Bertz CT molecular complexity index is 795. The zero-order valence-electron chi connectivity index (χ0n) is 13.9. The van der Waals surface area contributed by atoms with Gasteiger partial charge in [-0.05, 0) is 12.8 Å². The van der Waals surface area contributed by atoms with Crippen LogP contribution in [-0.4, -0.2) is 16.9 Å². The van der Waals surface area contributed by atoms with Crippen molar-refractivity contribution in [1.29, 1.82) is 0 Å². The molecule has 0 radical (unpaired) electrons. The molecule has 0 aliphatic heterocycles. The SMILES string of the molecule is O=C(CCc1nc(-c2ccccc2)c(-c2ccccc2)o1)NC1CC1. The number of oxazole rings is 1. The Labute approximate surface area is 146 Å². The van der Waals surface area contributed by atoms with Gasteiger partial charge in [-0.3, -0.25) is 4.79 Å². The van der Waals surface area contributed by atoms with Crippen molar-refractivity contribution in [2.75, 3.05) is 0 Å². The van der Waals surface area contributed by atoms with Gasteiger partial charge in [0.05, 0.1) is 0 Å². The molecule has 0 atom stereocenters. The number of nitrogens with one attached hydrogen (secondary N) is 1. The molecule has 0 saturated heterocycles. The number of carbonyl (C=O) groups excluding carboxylic acids is 1. The second-order valence-electron chi connectivity index (χ2n) is 6.36. The fraction of sp³-hybridized carbons (Fsp3) is 0.238. The average molecular weight is 332 g/mol. The molecule has 1 N–H and O–H groups in total. The summed E-state index contributed by atoms with van der Waals surface area (Å²) in [6, 6.07) is 20.3. The van der Waals surface area contributed by atoms with Crippen molar-refractivity contribution in [1.82, 2.24) is 10.3 Å². The van der Waals surface area contributed by atoms with Crippen LogP contribution in [0.3, 0.4) is 0 Å². The topological polar surface area (TPSA) is 55.1 Å². The molecule has 1 heterocycles. The number of aryl methyl sites for hydroxylation is 1. The Morgan fingerprint density at radius 2 is 1.64 bits per heavy atom. The first kappa shape index (κ1) is 15.6. The molecular weight excluding hydrogens is 312 g/mol. The van der Waals surface area contributed by atoms with Gasteiger partial charge in [-0.25, -0.2) is 4.98 Å². The van der Waals surface area contributed by atoms with Crippen LogP contribution in [0, 0.1) is 0 Å². The van der Waals surface area contributed by atoms with Crippen LogP contribution < -0.4 is 5.32 Å². The predicted octanol–water partition coefficient (Wildman–Crippen LogP) is 4.22. The summed E-state index contributed by atoms with van der Waals surface area (Å²) in [7, 11) is 0. The maximum absolute atomic E-state index is 11.9. The van der Waals surface area contributed by atoms with E-state index in [0.717, 1.165) is 35.4 Å². The molecule has 0 unspecified atom stereocenters. The van der Waals surface area contributed by atoms with Crippen LogP contribution >= 0.6 is 0 Å². The molecule has 1 aliphatic carbocycles. The van der Waals surface area contributed by atoms with E-state index in [0.29, 0.717) is 24.8 Å². The van der Waals surface area contributed by atoms with Crippen molar-refractivity contribution in [2.45, 2.75) is 31.7 Å². The fourth-order valence-electron chi connectivity index (χ4n) is 2.80. The second kappa shape index (κ2) is 6.93. The quantitative estimate of drug-likeness (QED) is 0.735. The van der Waals surface area contributed by atoms with Gasteiger partial charge in [-0.2, -0.15) is 0 Å². The lowest BCUT2D eigenvalue weighted by Crippen LogP contribution is -2.25. The van der Waals surface area contributed by atoms with Crippen molar-refractivity contribution < 1.29 is 9.21 Å². The molecule has 126 valence electrons. The predicted molar refractivity (Wildman–Crippen MR) is 96.9 cm³/mol. The highest BCUT2D eigenvalue weighted by molar-refractivity contribution is 5.78. The van der Waals surface area contributed by atoms with Crippen LogP contribution in [0.25, 0.3) is 22.6 Å². The number of nitrogens with zero attached hydrogens (tertiary/aromatic N) is 1. The van der Waals surface area contributed by atoms with Gasteiger partial charge in [0.15, 0.2) is 11.7 Å². The first-order valence-electron chi connectivity index (χ1n) is 8.69. The van der Waals surface area contributed by atoms with Gasteiger partial charge in [-0.1, -0.05) is 60.7 Å². The van der Waals surface area contributed by atoms with Gasteiger partial charge < -0.3 is 9.73 Å². The van der Waals surface area contributed by atoms with Gasteiger partial charge in [-0.15, -0.1) is 0 Å². The lowest BCUT2D eigenvalue weighted by Gasteiger charge is -2.01. The second-order valence-corrected chi connectivity index (χ2v) is 6.36. The van der Waals surface area contributed by atoms with E-state index < -0.39 is 0 Å². The summed E-state index contributed by atoms with van der Waals surface area (Å²) in [4.78, 5) is 16.6. The summed E-state index contributed by atoms with van der Waals surface area (Å²) in [5, 5.41) is 3.00. The van der Waals surface area contributed by atoms with Crippen molar-refractivity contribution in [3.8, 4) is 22.6 Å². The Balaban J connectivity index is 1.60. The standard InChI is InChI=1S/C21H20N2O2/c24-18(22-17-11-12-17)13-14-19-23-20(15-7-3-1-4-8-15)21(25-19)16-9-5-2-6-10-16/h1-10,17H,11-14H2,(H,22,24). The van der Waals surface area contributed by atoms with Crippen molar-refractivity contribution in [3.05, 3.63) is 66.6 Å². The van der Waals surface area contributed by atoms with E-state index in [1.54, 1.807) is 0 Å². The first-order chi connectivity index (χ1) is 12.3. The molecule has 1 saturated carbocycles. The Morgan fingerprint density at radius 1 is 1.00 bits per heavy atom. The third-order valence-corrected chi connectivity index (χ3v) is 4.26. The summed E-state index contributed by atoms with van der Waals surface area (Å²) < 4.78 is 6.04. The summed E-state index contributed by atoms with van der Waals surface area (Å²) >= 11 is 0. The number of rotatable bonds is 6. The van der Waals surface area contributed by atoms with Crippen LogP contribution in [0.2, 0.25) is 0 Å². The highest BCUT2D eigenvalue weighted by atomic mass is 16.4. The molecule has 0 bridgehead atoms. The normalized spacial score (nSPS) is 13.6. The van der Waals surface area contributed by atoms with Crippen molar-refractivity contribution in [2.24, 2.45) is 0 Å². The largest absolute Gasteiger partial charge is 0.440 e. The van der Waals surface area contributed by atoms with Crippen LogP contribution in [0.1, 0.15) is 25.2 Å². The highest BCUT2D eigenvalue weighted by Crippen LogP contribution is 2.32. The van der Waals surface area contributed by atoms with E-state index in [2.05, 4.69) is 10.3 Å². The number of hydrogen-bond donors (Lipinski definition) is 1. The molecule has 4 nitrogen and oxygen atoms in total. The summed E-state index contributed by atoms with van der Waals surface area (Å²) in [6.45, 7) is 0. The molecule has 4 rings (SSSR count). The van der Waals surface area contributed by atoms with Gasteiger partial charge >= 0.3 is 0 Å². The summed E-state index contributed by atoms with van der Waals surface area (Å²) in [6.07, 6.45) is 3.10. The van der Waals surface area contributed by atoms with Crippen LogP contribution in [-0.2, 0) is 11.2 Å². The molecule has 0 spiro atoms. The Hall–Kier alpha value is -2.88. The zero-order valence-corrected chi connectivity index (χ0v) is 13.9. The van der Waals surface area contributed by atoms with Gasteiger partial charge in [0.2, 0.25) is 5.91 Å². The zero-order chi connectivity index (χ0) is 17.1. The summed E-state index contributed by atoms with van der Waals surface area (Å²) in [5.41, 5.74) is 2.82. The van der Waals surface area contributed by atoms with Gasteiger partial charge in [0.25, 0.3) is 0 Å². The lowest BCUT2D eigenvalue weighted by atomic mass is 10.1. The molecule has 1 aliphatic rings. The van der Waals surface area contributed by atoms with E-state index >= 15 is 0 Å². The van der Waals surface area contributed by atoms with E-state index in [4.69, 9.17) is 4.42 Å². The first-order valence-corrected chi connectivity index (χ1v) is 8.69. The highest BCUT2D eigenvalue weighted by Gasteiger charge is 2.23.